The lowest BCUT2D eigenvalue weighted by Gasteiger charge is -2.35. The van der Waals surface area contributed by atoms with E-state index in [9.17, 15) is 14.4 Å². The van der Waals surface area contributed by atoms with Crippen molar-refractivity contribution in [3.05, 3.63) is 0 Å². The van der Waals surface area contributed by atoms with E-state index >= 15 is 0 Å². The number of nitriles is 1. The lowest BCUT2D eigenvalue weighted by Crippen LogP contribution is -2.69. The molecule has 0 radical (unpaired) electrons. The maximum absolute atomic E-state index is 11.7. The molecule has 2 aliphatic heterocycles. The first kappa shape index (κ1) is 10.8. The van der Waals surface area contributed by atoms with Gasteiger partial charge in [-0.25, -0.2) is 14.0 Å². The normalized spacial score (nSPS) is 33.1. The van der Waals surface area contributed by atoms with Crippen molar-refractivity contribution in [3.8, 4) is 6.19 Å². The first-order valence-electron chi connectivity index (χ1n) is 3.93. The first-order chi connectivity index (χ1) is 7.42. The topological polar surface area (TPSA) is 106 Å². The van der Waals surface area contributed by atoms with E-state index < -0.39 is 29.1 Å². The van der Waals surface area contributed by atoms with Crippen molar-refractivity contribution in [2.45, 2.75) is 11.2 Å². The monoisotopic (exact) mass is 263 g/mol. The van der Waals surface area contributed by atoms with E-state index in [1.165, 1.54) is 6.19 Å². The van der Waals surface area contributed by atoms with Crippen LogP contribution in [0.5, 0.6) is 0 Å². The van der Waals surface area contributed by atoms with Crippen molar-refractivity contribution in [2.75, 3.05) is 0 Å². The fraction of sp³-hybridized carbons (Fsp3) is 0.333. The van der Waals surface area contributed by atoms with Crippen molar-refractivity contribution >= 4 is 41.3 Å². The average molecular weight is 264 g/mol. The summed E-state index contributed by atoms with van der Waals surface area (Å²) in [6.07, 6.45) is 0.163. The second kappa shape index (κ2) is 3.13. The fourth-order valence-electron chi connectivity index (χ4n) is 1.40. The number of amides is 5. The van der Waals surface area contributed by atoms with Crippen LogP contribution in [-0.4, -0.2) is 38.5 Å². The van der Waals surface area contributed by atoms with Gasteiger partial charge >= 0.3 is 12.1 Å². The van der Waals surface area contributed by atoms with E-state index in [-0.39, 0.29) is 4.90 Å². The minimum Gasteiger partial charge on any atom is -0.313 e. The summed E-state index contributed by atoms with van der Waals surface area (Å²) in [5.41, 5.74) is 0. The highest BCUT2D eigenvalue weighted by atomic mass is 35.5. The lowest BCUT2D eigenvalue weighted by atomic mass is 10.1. The standard InChI is InChI=1S/C6H3Cl2N5O3/c7-6-2(11-5(16)13(6)8)10-4(15)12(1-9)3(6)14/h2H,(H,10,15)(H,11,16). The minimum absolute atomic E-state index is 0.194. The van der Waals surface area contributed by atoms with Crippen molar-refractivity contribution < 1.29 is 14.4 Å². The van der Waals surface area contributed by atoms with Crippen LogP contribution in [0.4, 0.5) is 9.59 Å². The SMILES string of the molecule is N#CN1C(=O)NC2NC(=O)N(Cl)C2(Cl)C1=O. The highest BCUT2D eigenvalue weighted by Crippen LogP contribution is 2.35. The molecule has 2 heterocycles. The van der Waals surface area contributed by atoms with Gasteiger partial charge in [-0.1, -0.05) is 11.6 Å². The Kier molecular flexibility index (Phi) is 2.11. The molecule has 0 aliphatic carbocycles. The maximum Gasteiger partial charge on any atom is 0.339 e. The number of carbonyl (C=O) groups excluding carboxylic acids is 3. The van der Waals surface area contributed by atoms with E-state index in [1.807, 2.05) is 0 Å². The van der Waals surface area contributed by atoms with Gasteiger partial charge in [-0.3, -0.25) is 4.79 Å². The Hall–Kier alpha value is -1.72. The molecule has 0 bridgehead atoms. The van der Waals surface area contributed by atoms with Crippen LogP contribution in [0.1, 0.15) is 0 Å². The Balaban J connectivity index is 2.47. The summed E-state index contributed by atoms with van der Waals surface area (Å²) in [6.45, 7) is 0. The molecule has 2 unspecified atom stereocenters. The van der Waals surface area contributed by atoms with E-state index in [1.54, 1.807) is 0 Å². The maximum atomic E-state index is 11.7. The number of hydrogen-bond acceptors (Lipinski definition) is 4. The molecule has 5 amide bonds. The first-order valence-corrected chi connectivity index (χ1v) is 4.64. The van der Waals surface area contributed by atoms with Gasteiger partial charge in [0.2, 0.25) is 0 Å². The van der Waals surface area contributed by atoms with Gasteiger partial charge in [0.15, 0.2) is 12.4 Å². The van der Waals surface area contributed by atoms with E-state index in [2.05, 4.69) is 10.6 Å². The Morgan fingerprint density at radius 1 is 1.31 bits per heavy atom. The molecule has 0 aromatic rings. The van der Waals surface area contributed by atoms with Crippen molar-refractivity contribution in [3.63, 3.8) is 0 Å². The van der Waals surface area contributed by atoms with Gasteiger partial charge in [0.25, 0.3) is 10.9 Å². The van der Waals surface area contributed by atoms with Crippen LogP contribution in [0, 0.1) is 11.5 Å². The van der Waals surface area contributed by atoms with Gasteiger partial charge in [0, 0.05) is 11.8 Å². The molecule has 8 nitrogen and oxygen atoms in total. The van der Waals surface area contributed by atoms with Crippen LogP contribution < -0.4 is 10.6 Å². The molecule has 2 aliphatic rings. The van der Waals surface area contributed by atoms with E-state index in [0.717, 1.165) is 0 Å². The zero-order chi connectivity index (χ0) is 12.1. The Morgan fingerprint density at radius 3 is 2.44 bits per heavy atom. The molecule has 0 saturated carbocycles. The molecule has 0 aromatic heterocycles. The van der Waals surface area contributed by atoms with Crippen LogP contribution in [-0.2, 0) is 4.79 Å². The molecule has 0 spiro atoms. The molecule has 2 rings (SSSR count). The third kappa shape index (κ3) is 1.07. The number of urea groups is 2. The van der Waals surface area contributed by atoms with Crippen molar-refractivity contribution in [2.24, 2.45) is 0 Å². The number of fused-ring (bicyclic) bond motifs is 1. The van der Waals surface area contributed by atoms with Gasteiger partial charge < -0.3 is 10.6 Å². The Bertz CT molecular complexity index is 448. The van der Waals surface area contributed by atoms with Crippen LogP contribution in [0.3, 0.4) is 0 Å². The number of imide groups is 1. The quantitative estimate of drug-likeness (QED) is 0.265. The van der Waals surface area contributed by atoms with Crippen molar-refractivity contribution in [1.82, 2.24) is 20.0 Å². The molecule has 10 heteroatoms. The molecule has 2 saturated heterocycles. The second-order valence-corrected chi connectivity index (χ2v) is 3.94. The summed E-state index contributed by atoms with van der Waals surface area (Å²) < 4.78 is 0.408. The summed E-state index contributed by atoms with van der Waals surface area (Å²) in [4.78, 5) is 32.3. The third-order valence-electron chi connectivity index (χ3n) is 2.19. The Labute approximate surface area is 98.8 Å². The molecular weight excluding hydrogens is 261 g/mol. The molecule has 0 aromatic carbocycles. The Morgan fingerprint density at radius 2 is 1.88 bits per heavy atom. The largest absolute Gasteiger partial charge is 0.339 e. The average Bonchev–Trinajstić information content (AvgIpc) is 2.44. The van der Waals surface area contributed by atoms with Gasteiger partial charge in [0.05, 0.1) is 0 Å². The molecule has 2 atom stereocenters. The van der Waals surface area contributed by atoms with Gasteiger partial charge in [-0.15, -0.1) is 0 Å². The van der Waals surface area contributed by atoms with Gasteiger partial charge in [0.1, 0.15) is 0 Å². The molecule has 84 valence electrons. The van der Waals surface area contributed by atoms with Gasteiger partial charge in [-0.05, 0) is 0 Å². The number of nitrogens with one attached hydrogen (secondary N) is 2. The van der Waals surface area contributed by atoms with Crippen LogP contribution in [0.15, 0.2) is 0 Å². The summed E-state index contributed by atoms with van der Waals surface area (Å²) in [7, 11) is 0. The number of halogens is 2. The number of nitrogens with zero attached hydrogens (tertiary/aromatic N) is 3. The smallest absolute Gasteiger partial charge is 0.313 e. The molecular formula is C6H3Cl2N5O3. The molecule has 2 N–H and O–H groups in total. The summed E-state index contributed by atoms with van der Waals surface area (Å²) in [5.74, 6) is -1.08. The predicted octanol–water partition coefficient (Wildman–Crippen LogP) is -0.541. The zero-order valence-corrected chi connectivity index (χ0v) is 8.91. The van der Waals surface area contributed by atoms with Crippen LogP contribution in [0.2, 0.25) is 0 Å². The predicted molar refractivity (Wildman–Crippen MR) is 49.6 cm³/mol. The summed E-state index contributed by atoms with van der Waals surface area (Å²) >= 11 is 11.4. The minimum atomic E-state index is -2.03. The number of alkyl halides is 1. The summed E-state index contributed by atoms with van der Waals surface area (Å²) in [6, 6.07) is -1.81. The molecule has 16 heavy (non-hydrogen) atoms. The highest BCUT2D eigenvalue weighted by Gasteiger charge is 2.63. The molecule has 2 fully saturated rings. The fourth-order valence-corrected chi connectivity index (χ4v) is 1.89. The van der Waals surface area contributed by atoms with Crippen molar-refractivity contribution in [1.29, 1.82) is 5.26 Å². The number of hydrogen-bond donors (Lipinski definition) is 2. The van der Waals surface area contributed by atoms with E-state index in [4.69, 9.17) is 28.6 Å². The third-order valence-corrected chi connectivity index (χ3v) is 3.24. The number of carbonyl (C=O) groups is 3. The van der Waals surface area contributed by atoms with E-state index in [0.29, 0.717) is 4.42 Å². The highest BCUT2D eigenvalue weighted by molar-refractivity contribution is 6.43. The second-order valence-electron chi connectivity index (χ2n) is 3.03. The summed E-state index contributed by atoms with van der Waals surface area (Å²) in [5, 5.41) is 12.9. The van der Waals surface area contributed by atoms with Gasteiger partial charge in [-0.2, -0.15) is 10.2 Å². The number of rotatable bonds is 0. The lowest BCUT2D eigenvalue weighted by molar-refractivity contribution is -0.132. The van der Waals surface area contributed by atoms with Crippen LogP contribution >= 0.6 is 23.4 Å². The zero-order valence-electron chi connectivity index (χ0n) is 7.40. The van der Waals surface area contributed by atoms with Crippen LogP contribution in [0.25, 0.3) is 0 Å².